The van der Waals surface area contributed by atoms with Crippen LogP contribution in [0.4, 0.5) is 4.39 Å². The van der Waals surface area contributed by atoms with E-state index < -0.39 is 0 Å². The molecule has 2 aromatic carbocycles. The summed E-state index contributed by atoms with van der Waals surface area (Å²) in [6.45, 7) is 3.57. The maximum absolute atomic E-state index is 13.6. The number of halogens is 2. The van der Waals surface area contributed by atoms with Crippen LogP contribution in [-0.2, 0) is 0 Å². The van der Waals surface area contributed by atoms with Crippen molar-refractivity contribution in [3.63, 3.8) is 0 Å². The van der Waals surface area contributed by atoms with E-state index in [1.807, 2.05) is 0 Å². The lowest BCUT2D eigenvalue weighted by atomic mass is 9.88. The molecule has 0 fully saturated rings. The van der Waals surface area contributed by atoms with E-state index in [1.165, 1.54) is 12.1 Å². The first-order chi connectivity index (χ1) is 10.4. The van der Waals surface area contributed by atoms with Crippen LogP contribution in [-0.4, -0.2) is 13.0 Å². The molecule has 0 heterocycles. The fourth-order valence-electron chi connectivity index (χ4n) is 2.49. The van der Waals surface area contributed by atoms with Crippen LogP contribution in [0.15, 0.2) is 30.3 Å². The number of amides is 1. The highest BCUT2D eigenvalue weighted by atomic mass is 35.5. The molecule has 1 unspecified atom stereocenters. The lowest BCUT2D eigenvalue weighted by Crippen LogP contribution is -2.22. The van der Waals surface area contributed by atoms with E-state index in [0.717, 1.165) is 0 Å². The van der Waals surface area contributed by atoms with Gasteiger partial charge in [0.1, 0.15) is 5.82 Å². The van der Waals surface area contributed by atoms with Gasteiger partial charge in [-0.05, 0) is 54.3 Å². The minimum atomic E-state index is -0.372. The summed E-state index contributed by atoms with van der Waals surface area (Å²) in [5.41, 5.74) is 9.03. The van der Waals surface area contributed by atoms with Crippen molar-refractivity contribution in [1.82, 2.24) is 5.32 Å². The Kier molecular flexibility index (Phi) is 4.84. The van der Waals surface area contributed by atoms with Gasteiger partial charge in [-0.2, -0.15) is 0 Å². The third kappa shape index (κ3) is 2.98. The van der Waals surface area contributed by atoms with Gasteiger partial charge in [0.05, 0.1) is 5.56 Å². The fourth-order valence-corrected chi connectivity index (χ4v) is 2.70. The Labute approximate surface area is 134 Å². The molecular formula is C17H18ClFN2O. The average Bonchev–Trinajstić information content (AvgIpc) is 2.48. The van der Waals surface area contributed by atoms with E-state index in [1.54, 1.807) is 39.1 Å². The molecule has 0 aliphatic heterocycles. The highest BCUT2D eigenvalue weighted by molar-refractivity contribution is 6.32. The Bertz CT molecular complexity index is 729. The van der Waals surface area contributed by atoms with Crippen molar-refractivity contribution in [3.8, 4) is 11.1 Å². The third-order valence-electron chi connectivity index (χ3n) is 3.61. The normalized spacial score (nSPS) is 12.1. The van der Waals surface area contributed by atoms with Gasteiger partial charge in [-0.25, -0.2) is 4.39 Å². The largest absolute Gasteiger partial charge is 0.355 e. The summed E-state index contributed by atoms with van der Waals surface area (Å²) in [4.78, 5) is 12.3. The summed E-state index contributed by atoms with van der Waals surface area (Å²) in [6, 6.07) is 7.50. The molecule has 3 N–H and O–H groups in total. The molecule has 3 nitrogen and oxygen atoms in total. The van der Waals surface area contributed by atoms with Gasteiger partial charge in [0.2, 0.25) is 0 Å². The molecule has 0 bridgehead atoms. The molecule has 22 heavy (non-hydrogen) atoms. The summed E-state index contributed by atoms with van der Waals surface area (Å²) >= 11 is 6.25. The highest BCUT2D eigenvalue weighted by Crippen LogP contribution is 2.36. The third-order valence-corrected chi connectivity index (χ3v) is 4.00. The highest BCUT2D eigenvalue weighted by Gasteiger charge is 2.22. The van der Waals surface area contributed by atoms with E-state index in [9.17, 15) is 9.18 Å². The number of hydrogen-bond donors (Lipinski definition) is 2. The Hall–Kier alpha value is -1.91. The second-order valence-electron chi connectivity index (χ2n) is 5.20. The SMILES string of the molecule is CNC(=O)c1c(C)c(Cl)cc(C(C)N)c1-c1cccc(F)c1. The maximum Gasteiger partial charge on any atom is 0.251 e. The molecule has 116 valence electrons. The van der Waals surface area contributed by atoms with Gasteiger partial charge in [-0.1, -0.05) is 23.7 Å². The van der Waals surface area contributed by atoms with E-state index in [2.05, 4.69) is 5.32 Å². The summed E-state index contributed by atoms with van der Waals surface area (Å²) in [5, 5.41) is 3.07. The quantitative estimate of drug-likeness (QED) is 0.903. The average molecular weight is 321 g/mol. The Morgan fingerprint density at radius 2 is 2.05 bits per heavy atom. The van der Waals surface area contributed by atoms with Gasteiger partial charge in [0.25, 0.3) is 5.91 Å². The van der Waals surface area contributed by atoms with Gasteiger partial charge in [-0.3, -0.25) is 4.79 Å². The first-order valence-electron chi connectivity index (χ1n) is 6.93. The molecular weight excluding hydrogens is 303 g/mol. The molecule has 2 rings (SSSR count). The van der Waals surface area contributed by atoms with Gasteiger partial charge >= 0.3 is 0 Å². The van der Waals surface area contributed by atoms with Gasteiger partial charge in [0, 0.05) is 18.1 Å². The number of nitrogens with one attached hydrogen (secondary N) is 1. The Morgan fingerprint density at radius 3 is 2.59 bits per heavy atom. The van der Waals surface area contributed by atoms with Crippen LogP contribution in [0, 0.1) is 12.7 Å². The van der Waals surface area contributed by atoms with Crippen molar-refractivity contribution in [3.05, 3.63) is 57.9 Å². The number of benzene rings is 2. The lowest BCUT2D eigenvalue weighted by Gasteiger charge is -2.20. The molecule has 0 saturated heterocycles. The molecule has 1 atom stereocenters. The summed E-state index contributed by atoms with van der Waals surface area (Å²) in [5.74, 6) is -0.648. The second kappa shape index (κ2) is 6.46. The molecule has 0 radical (unpaired) electrons. The molecule has 2 aromatic rings. The van der Waals surface area contributed by atoms with E-state index in [-0.39, 0.29) is 17.8 Å². The Balaban J connectivity index is 2.89. The van der Waals surface area contributed by atoms with E-state index in [0.29, 0.717) is 32.8 Å². The fraction of sp³-hybridized carbons (Fsp3) is 0.235. The van der Waals surface area contributed by atoms with Crippen molar-refractivity contribution in [1.29, 1.82) is 0 Å². The van der Waals surface area contributed by atoms with Gasteiger partial charge < -0.3 is 11.1 Å². The zero-order chi connectivity index (χ0) is 16.4. The van der Waals surface area contributed by atoms with Crippen LogP contribution >= 0.6 is 11.6 Å². The van der Waals surface area contributed by atoms with Crippen LogP contribution in [0.2, 0.25) is 5.02 Å². The monoisotopic (exact) mass is 320 g/mol. The van der Waals surface area contributed by atoms with Crippen molar-refractivity contribution in [2.75, 3.05) is 7.05 Å². The molecule has 5 heteroatoms. The van der Waals surface area contributed by atoms with Crippen molar-refractivity contribution >= 4 is 17.5 Å². The standard InChI is InChI=1S/C17H18ClFN2O/c1-9-14(18)8-13(10(2)20)16(15(9)17(22)21-3)11-5-4-6-12(19)7-11/h4-8,10H,20H2,1-3H3,(H,21,22). The minimum absolute atomic E-state index is 0.277. The topological polar surface area (TPSA) is 55.1 Å². The first kappa shape index (κ1) is 16.5. The predicted molar refractivity (Wildman–Crippen MR) is 87.6 cm³/mol. The summed E-state index contributed by atoms with van der Waals surface area (Å²) in [7, 11) is 1.55. The number of hydrogen-bond acceptors (Lipinski definition) is 2. The van der Waals surface area contributed by atoms with Crippen molar-refractivity contribution < 1.29 is 9.18 Å². The van der Waals surface area contributed by atoms with E-state index >= 15 is 0 Å². The number of rotatable bonds is 3. The molecule has 0 saturated carbocycles. The van der Waals surface area contributed by atoms with Crippen molar-refractivity contribution in [2.45, 2.75) is 19.9 Å². The van der Waals surface area contributed by atoms with Crippen LogP contribution in [0.5, 0.6) is 0 Å². The van der Waals surface area contributed by atoms with Gasteiger partial charge in [-0.15, -0.1) is 0 Å². The molecule has 0 aromatic heterocycles. The second-order valence-corrected chi connectivity index (χ2v) is 5.61. The zero-order valence-corrected chi connectivity index (χ0v) is 13.5. The number of carbonyl (C=O) groups is 1. The molecule has 0 spiro atoms. The van der Waals surface area contributed by atoms with Crippen molar-refractivity contribution in [2.24, 2.45) is 5.73 Å². The number of nitrogens with two attached hydrogens (primary N) is 1. The molecule has 0 aliphatic rings. The number of carbonyl (C=O) groups excluding carboxylic acids is 1. The lowest BCUT2D eigenvalue weighted by molar-refractivity contribution is 0.0963. The maximum atomic E-state index is 13.6. The first-order valence-corrected chi connectivity index (χ1v) is 7.31. The molecule has 0 aliphatic carbocycles. The molecule has 1 amide bonds. The van der Waals surface area contributed by atoms with Gasteiger partial charge in [0.15, 0.2) is 0 Å². The summed E-state index contributed by atoms with van der Waals surface area (Å²) < 4.78 is 13.6. The van der Waals surface area contributed by atoms with E-state index in [4.69, 9.17) is 17.3 Å². The van der Waals surface area contributed by atoms with Crippen LogP contribution < -0.4 is 11.1 Å². The van der Waals surface area contributed by atoms with Crippen LogP contribution in [0.3, 0.4) is 0 Å². The van der Waals surface area contributed by atoms with Crippen LogP contribution in [0.25, 0.3) is 11.1 Å². The van der Waals surface area contributed by atoms with Crippen LogP contribution in [0.1, 0.15) is 34.5 Å². The predicted octanol–water partition coefficient (Wildman–Crippen LogP) is 3.83. The smallest absolute Gasteiger partial charge is 0.251 e. The minimum Gasteiger partial charge on any atom is -0.355 e. The zero-order valence-electron chi connectivity index (χ0n) is 12.7. The summed E-state index contributed by atoms with van der Waals surface area (Å²) in [6.07, 6.45) is 0. The Morgan fingerprint density at radius 1 is 1.36 bits per heavy atom.